The molecule has 1 aliphatic carbocycles. The van der Waals surface area contributed by atoms with Crippen LogP contribution >= 0.6 is 24.0 Å². The summed E-state index contributed by atoms with van der Waals surface area (Å²) in [6, 6.07) is 0. The van der Waals surface area contributed by atoms with E-state index in [2.05, 4.69) is 0 Å². The number of hydrogen-bond acceptors (Lipinski definition) is 2. The molecular formula is C8H16S2Si. The molecule has 1 aliphatic rings. The highest BCUT2D eigenvalue weighted by atomic mass is 32.2. The lowest BCUT2D eigenvalue weighted by Gasteiger charge is -2.21. The van der Waals surface area contributed by atoms with Crippen molar-refractivity contribution in [3.63, 3.8) is 0 Å². The first-order valence-corrected chi connectivity index (χ1v) is 7.32. The van der Waals surface area contributed by atoms with Crippen molar-refractivity contribution in [1.82, 2.24) is 0 Å². The zero-order valence-corrected chi connectivity index (χ0v) is 10.8. The fourth-order valence-electron chi connectivity index (χ4n) is 1.60. The molecule has 0 aromatic heterocycles. The first-order chi connectivity index (χ1) is 5.34. The van der Waals surface area contributed by atoms with Gasteiger partial charge < -0.3 is 0 Å². The van der Waals surface area contributed by atoms with Gasteiger partial charge in [0.05, 0.1) is 4.20 Å². The Morgan fingerprint density at radius 2 is 2.00 bits per heavy atom. The van der Waals surface area contributed by atoms with Gasteiger partial charge >= 0.3 is 0 Å². The minimum Gasteiger partial charge on any atom is -0.123 e. The van der Waals surface area contributed by atoms with Crippen molar-refractivity contribution >= 4 is 38.4 Å². The minimum atomic E-state index is 0.790. The van der Waals surface area contributed by atoms with Crippen molar-refractivity contribution in [1.29, 1.82) is 0 Å². The predicted molar refractivity (Wildman–Crippen MR) is 61.6 cm³/mol. The molecule has 0 bridgehead atoms. The van der Waals surface area contributed by atoms with E-state index in [4.69, 9.17) is 12.2 Å². The van der Waals surface area contributed by atoms with Crippen LogP contribution in [0.4, 0.5) is 0 Å². The van der Waals surface area contributed by atoms with Crippen molar-refractivity contribution in [2.24, 2.45) is 5.92 Å². The second kappa shape index (κ2) is 5.33. The number of rotatable bonds is 2. The van der Waals surface area contributed by atoms with E-state index < -0.39 is 0 Å². The van der Waals surface area contributed by atoms with Crippen LogP contribution in [0.1, 0.15) is 32.1 Å². The molecule has 0 aromatic rings. The average Bonchev–Trinajstić information content (AvgIpc) is 2.07. The predicted octanol–water partition coefficient (Wildman–Crippen LogP) is 1.95. The van der Waals surface area contributed by atoms with Crippen LogP contribution in [0, 0.1) is 5.92 Å². The van der Waals surface area contributed by atoms with Crippen LogP contribution in [-0.4, -0.2) is 19.8 Å². The largest absolute Gasteiger partial charge is 0.123 e. The Balaban J connectivity index is 2.27. The molecule has 0 amide bonds. The van der Waals surface area contributed by atoms with E-state index in [0.29, 0.717) is 0 Å². The van der Waals surface area contributed by atoms with Gasteiger partial charge in [-0.05, 0) is 18.2 Å². The summed E-state index contributed by atoms with van der Waals surface area (Å²) in [7, 11) is 1.28. The zero-order chi connectivity index (χ0) is 8.10. The minimum absolute atomic E-state index is 0.790. The number of thiocarbonyl (C=S) groups is 1. The highest BCUT2D eigenvalue weighted by Gasteiger charge is 2.17. The Bertz CT molecular complexity index is 130. The van der Waals surface area contributed by atoms with Gasteiger partial charge in [-0.2, -0.15) is 0 Å². The summed E-state index contributed by atoms with van der Waals surface area (Å²) in [6.45, 7) is 0. The van der Waals surface area contributed by atoms with Gasteiger partial charge in [-0.3, -0.25) is 0 Å². The number of thioether (sulfide) groups is 1. The summed E-state index contributed by atoms with van der Waals surface area (Å²) in [5.41, 5.74) is 0. The SMILES string of the molecule is [SiH3]CSC(=S)C1CCCCC1. The van der Waals surface area contributed by atoms with Crippen molar-refractivity contribution in [2.45, 2.75) is 32.1 Å². The molecule has 1 rings (SSSR count). The number of hydrogen-bond donors (Lipinski definition) is 0. The van der Waals surface area contributed by atoms with Crippen LogP contribution in [0.2, 0.25) is 0 Å². The first-order valence-electron chi connectivity index (χ1n) is 4.51. The van der Waals surface area contributed by atoms with Gasteiger partial charge in [0.1, 0.15) is 0 Å². The molecule has 0 nitrogen and oxygen atoms in total. The highest BCUT2D eigenvalue weighted by Crippen LogP contribution is 2.28. The molecule has 0 heterocycles. The van der Waals surface area contributed by atoms with Gasteiger partial charge in [0.15, 0.2) is 0 Å². The summed E-state index contributed by atoms with van der Waals surface area (Å²) in [5, 5.41) is 1.29. The summed E-state index contributed by atoms with van der Waals surface area (Å²) >= 11 is 7.29. The smallest absolute Gasteiger partial charge is 0.0506 e. The van der Waals surface area contributed by atoms with Crippen molar-refractivity contribution in [3.05, 3.63) is 0 Å². The fourth-order valence-corrected chi connectivity index (χ4v) is 4.50. The third-order valence-corrected chi connectivity index (χ3v) is 4.68. The van der Waals surface area contributed by atoms with E-state index in [1.54, 1.807) is 0 Å². The second-order valence-corrected chi connectivity index (χ2v) is 6.82. The van der Waals surface area contributed by atoms with E-state index in [0.717, 1.165) is 5.92 Å². The third-order valence-electron chi connectivity index (χ3n) is 2.23. The molecule has 1 saturated carbocycles. The monoisotopic (exact) mass is 204 g/mol. The molecule has 0 saturated heterocycles. The summed E-state index contributed by atoms with van der Waals surface area (Å²) in [6.07, 6.45) is 6.99. The lowest BCUT2D eigenvalue weighted by Crippen LogP contribution is -2.13. The summed E-state index contributed by atoms with van der Waals surface area (Å²) in [4.78, 5) is 0. The standard InChI is InChI=1S/C8H16S2Si/c9-8(10-6-11)7-4-2-1-3-5-7/h7H,1-6H2,11H3. The van der Waals surface area contributed by atoms with Gasteiger partial charge in [0.2, 0.25) is 0 Å². The lowest BCUT2D eigenvalue weighted by molar-refractivity contribution is 0.446. The van der Waals surface area contributed by atoms with Crippen LogP contribution in [-0.2, 0) is 0 Å². The highest BCUT2D eigenvalue weighted by molar-refractivity contribution is 8.23. The Labute approximate surface area is 81.9 Å². The molecule has 0 atom stereocenters. The van der Waals surface area contributed by atoms with Crippen LogP contribution in [0.5, 0.6) is 0 Å². The molecule has 0 spiro atoms. The van der Waals surface area contributed by atoms with Gasteiger partial charge in [-0.15, -0.1) is 11.8 Å². The summed E-state index contributed by atoms with van der Waals surface area (Å²) < 4.78 is 1.31. The molecule has 0 aliphatic heterocycles. The van der Waals surface area contributed by atoms with Gasteiger partial charge in [-0.25, -0.2) is 0 Å². The van der Waals surface area contributed by atoms with Crippen LogP contribution in [0.25, 0.3) is 0 Å². The first kappa shape index (κ1) is 9.74. The second-order valence-electron chi connectivity index (χ2n) is 3.09. The van der Waals surface area contributed by atoms with Crippen LogP contribution in [0.15, 0.2) is 0 Å². The van der Waals surface area contributed by atoms with Crippen LogP contribution < -0.4 is 0 Å². The quantitative estimate of drug-likeness (QED) is 0.498. The molecular weight excluding hydrogens is 188 g/mol. The topological polar surface area (TPSA) is 0 Å². The third kappa shape index (κ3) is 3.26. The maximum absolute atomic E-state index is 5.36. The fraction of sp³-hybridized carbons (Fsp3) is 0.875. The molecule has 1 fully saturated rings. The molecule has 0 aromatic carbocycles. The van der Waals surface area contributed by atoms with E-state index >= 15 is 0 Å². The lowest BCUT2D eigenvalue weighted by atomic mass is 9.91. The Morgan fingerprint density at radius 1 is 1.36 bits per heavy atom. The molecule has 3 heteroatoms. The zero-order valence-electron chi connectivity index (χ0n) is 7.14. The summed E-state index contributed by atoms with van der Waals surface area (Å²) in [5.74, 6) is 0.790. The van der Waals surface area contributed by atoms with E-state index in [1.165, 1.54) is 51.9 Å². The van der Waals surface area contributed by atoms with Crippen molar-refractivity contribution in [2.75, 3.05) is 5.38 Å². The van der Waals surface area contributed by atoms with E-state index in [9.17, 15) is 0 Å². The maximum atomic E-state index is 5.36. The van der Waals surface area contributed by atoms with E-state index in [1.807, 2.05) is 11.8 Å². The molecule has 64 valence electrons. The van der Waals surface area contributed by atoms with E-state index in [-0.39, 0.29) is 0 Å². The Kier molecular flexibility index (Phi) is 4.72. The maximum Gasteiger partial charge on any atom is 0.0506 e. The van der Waals surface area contributed by atoms with Gasteiger partial charge in [-0.1, -0.05) is 31.5 Å². The Hall–Kier alpha value is 0.657. The van der Waals surface area contributed by atoms with Crippen molar-refractivity contribution < 1.29 is 0 Å². The van der Waals surface area contributed by atoms with Gasteiger partial charge in [0.25, 0.3) is 0 Å². The van der Waals surface area contributed by atoms with Crippen molar-refractivity contribution in [3.8, 4) is 0 Å². The normalized spacial score (nSPS) is 20.4. The van der Waals surface area contributed by atoms with Gasteiger partial charge in [0, 0.05) is 16.2 Å². The molecule has 11 heavy (non-hydrogen) atoms. The van der Waals surface area contributed by atoms with Crippen LogP contribution in [0.3, 0.4) is 0 Å². The average molecular weight is 204 g/mol. The Morgan fingerprint density at radius 3 is 2.55 bits per heavy atom. The molecule has 0 N–H and O–H groups in total. The molecule has 0 radical (unpaired) electrons. The molecule has 0 unspecified atom stereocenters.